The molecule has 2 heterocycles. The lowest BCUT2D eigenvalue weighted by molar-refractivity contribution is -0.116. The van der Waals surface area contributed by atoms with Crippen LogP contribution in [0.25, 0.3) is 0 Å². The molecule has 1 atom stereocenters. The van der Waals surface area contributed by atoms with Crippen molar-refractivity contribution in [3.05, 3.63) is 30.3 Å². The molecular weight excluding hydrogens is 404 g/mol. The van der Waals surface area contributed by atoms with Crippen molar-refractivity contribution >= 4 is 49.7 Å². The van der Waals surface area contributed by atoms with Crippen LogP contribution in [-0.2, 0) is 14.6 Å². The summed E-state index contributed by atoms with van der Waals surface area (Å²) in [4.78, 5) is 14.6. The van der Waals surface area contributed by atoms with E-state index in [0.717, 1.165) is 28.0 Å². The molecule has 27 heavy (non-hydrogen) atoms. The van der Waals surface area contributed by atoms with Gasteiger partial charge in [-0.2, -0.15) is 0 Å². The Bertz CT molecular complexity index is 913. The second kappa shape index (κ2) is 7.76. The molecule has 0 bridgehead atoms. The Kier molecular flexibility index (Phi) is 5.38. The minimum Gasteiger partial charge on any atom is -0.357 e. The Hall–Kier alpha value is -1.65. The number of benzene rings is 1. The summed E-state index contributed by atoms with van der Waals surface area (Å²) in [5.74, 6) is 0.240. The second-order valence-corrected chi connectivity index (χ2v) is 11.2. The normalized spacial score (nSPS) is 21.1. The summed E-state index contributed by atoms with van der Waals surface area (Å²) in [6.45, 7) is 0. The van der Waals surface area contributed by atoms with E-state index >= 15 is 0 Å². The van der Waals surface area contributed by atoms with Crippen molar-refractivity contribution in [1.82, 2.24) is 10.2 Å². The maximum Gasteiger partial charge on any atom is 0.237 e. The quantitative estimate of drug-likeness (QED) is 0.683. The summed E-state index contributed by atoms with van der Waals surface area (Å²) < 4.78 is 24.6. The first-order valence-corrected chi connectivity index (χ1v) is 12.4. The third-order valence-electron chi connectivity index (χ3n) is 4.51. The topological polar surface area (TPSA) is 92.3 Å². The molecule has 2 aliphatic rings. The molecule has 1 amide bonds. The smallest absolute Gasteiger partial charge is 0.237 e. The molecule has 1 aromatic carbocycles. The Labute approximate surface area is 166 Å². The number of nitrogens with one attached hydrogen (secondary N) is 1. The molecule has 0 radical (unpaired) electrons. The summed E-state index contributed by atoms with van der Waals surface area (Å²) in [5, 5.41) is 12.3. The number of sulfone groups is 1. The van der Waals surface area contributed by atoms with E-state index in [1.54, 1.807) is 4.90 Å². The molecule has 1 saturated heterocycles. The van der Waals surface area contributed by atoms with Gasteiger partial charge in [0.05, 0.1) is 23.3 Å². The van der Waals surface area contributed by atoms with E-state index < -0.39 is 9.84 Å². The van der Waals surface area contributed by atoms with Crippen LogP contribution in [0.1, 0.15) is 19.3 Å². The van der Waals surface area contributed by atoms with E-state index in [9.17, 15) is 13.2 Å². The summed E-state index contributed by atoms with van der Waals surface area (Å²) in [5.41, 5.74) is 0.735. The van der Waals surface area contributed by atoms with Crippen LogP contribution < -0.4 is 10.2 Å². The molecule has 0 unspecified atom stereocenters. The average molecular weight is 425 g/mol. The molecule has 7 nitrogen and oxygen atoms in total. The zero-order valence-corrected chi connectivity index (χ0v) is 17.0. The van der Waals surface area contributed by atoms with Gasteiger partial charge in [-0.05, 0) is 31.4 Å². The minimum absolute atomic E-state index is 0.0204. The minimum atomic E-state index is -3.08. The monoisotopic (exact) mass is 424 g/mol. The van der Waals surface area contributed by atoms with Crippen molar-refractivity contribution in [3.63, 3.8) is 0 Å². The van der Waals surface area contributed by atoms with Crippen LogP contribution in [-0.4, -0.2) is 53.9 Å². The number of aromatic nitrogens is 2. The molecule has 2 fully saturated rings. The predicted octanol–water partition coefficient (Wildman–Crippen LogP) is 2.42. The van der Waals surface area contributed by atoms with Gasteiger partial charge in [-0.15, -0.1) is 10.2 Å². The maximum atomic E-state index is 13.0. The molecule has 10 heteroatoms. The molecule has 1 saturated carbocycles. The highest BCUT2D eigenvalue weighted by Crippen LogP contribution is 2.31. The number of nitrogens with zero attached hydrogens (tertiary/aromatic N) is 3. The summed E-state index contributed by atoms with van der Waals surface area (Å²) >= 11 is 2.79. The third kappa shape index (κ3) is 4.80. The first kappa shape index (κ1) is 18.7. The molecule has 1 aromatic heterocycles. The highest BCUT2D eigenvalue weighted by molar-refractivity contribution is 8.01. The first-order chi connectivity index (χ1) is 13.0. The fourth-order valence-electron chi connectivity index (χ4n) is 3.05. The highest BCUT2D eigenvalue weighted by atomic mass is 32.2. The number of carbonyl (C=O) groups is 1. The van der Waals surface area contributed by atoms with Crippen molar-refractivity contribution in [1.29, 1.82) is 0 Å². The summed E-state index contributed by atoms with van der Waals surface area (Å²) in [6, 6.07) is 9.47. The van der Waals surface area contributed by atoms with E-state index in [1.807, 2.05) is 30.3 Å². The molecule has 144 valence electrons. The van der Waals surface area contributed by atoms with Gasteiger partial charge in [-0.1, -0.05) is 41.3 Å². The van der Waals surface area contributed by atoms with Gasteiger partial charge in [0, 0.05) is 11.7 Å². The van der Waals surface area contributed by atoms with Crippen molar-refractivity contribution in [2.24, 2.45) is 0 Å². The third-order valence-corrected chi connectivity index (χ3v) is 8.23. The van der Waals surface area contributed by atoms with Crippen LogP contribution in [0.5, 0.6) is 0 Å². The Balaban J connectivity index is 1.44. The molecule has 0 spiro atoms. The largest absolute Gasteiger partial charge is 0.357 e. The number of anilines is 2. The predicted molar refractivity (Wildman–Crippen MR) is 108 cm³/mol. The van der Waals surface area contributed by atoms with Gasteiger partial charge < -0.3 is 10.2 Å². The van der Waals surface area contributed by atoms with Gasteiger partial charge in [0.1, 0.15) is 0 Å². The van der Waals surface area contributed by atoms with Gasteiger partial charge in [0.2, 0.25) is 11.0 Å². The lowest BCUT2D eigenvalue weighted by Gasteiger charge is -2.28. The Morgan fingerprint density at radius 3 is 2.67 bits per heavy atom. The number of rotatable bonds is 7. The van der Waals surface area contributed by atoms with Gasteiger partial charge in [0.25, 0.3) is 0 Å². The van der Waals surface area contributed by atoms with Crippen LogP contribution in [0.3, 0.4) is 0 Å². The number of amides is 1. The highest BCUT2D eigenvalue weighted by Gasteiger charge is 2.35. The molecular formula is C17H20N4O3S3. The number of para-hydroxylation sites is 1. The van der Waals surface area contributed by atoms with Crippen molar-refractivity contribution in [3.8, 4) is 0 Å². The molecule has 2 aromatic rings. The van der Waals surface area contributed by atoms with E-state index in [2.05, 4.69) is 15.5 Å². The van der Waals surface area contributed by atoms with Gasteiger partial charge in [0.15, 0.2) is 14.2 Å². The fourth-order valence-corrected chi connectivity index (χ4v) is 6.44. The van der Waals surface area contributed by atoms with Gasteiger partial charge in [-0.3, -0.25) is 4.79 Å². The molecule has 1 aliphatic carbocycles. The molecule has 1 N–H and O–H groups in total. The van der Waals surface area contributed by atoms with E-state index in [0.29, 0.717) is 12.5 Å². The summed E-state index contributed by atoms with van der Waals surface area (Å²) in [7, 11) is -3.08. The number of thioether (sulfide) groups is 1. The lowest BCUT2D eigenvalue weighted by Crippen LogP contribution is -2.42. The average Bonchev–Trinajstić information content (AvgIpc) is 3.23. The number of carbonyl (C=O) groups excluding carboxylic acids is 1. The standard InChI is InChI=1S/C17H20N4O3S3/c22-15(10-25-17-20-19-16(26-17)18-12-6-7-12)21(13-4-2-1-3-5-13)14-8-9-27(23,24)11-14/h1-5,12,14H,6-11H2,(H,18,19)/t14-/m0/s1. The van der Waals surface area contributed by atoms with Crippen LogP contribution in [0, 0.1) is 0 Å². The first-order valence-electron chi connectivity index (χ1n) is 8.80. The van der Waals surface area contributed by atoms with E-state index in [-0.39, 0.29) is 29.2 Å². The second-order valence-electron chi connectivity index (χ2n) is 6.74. The fraction of sp³-hybridized carbons (Fsp3) is 0.471. The molecule has 1 aliphatic heterocycles. The SMILES string of the molecule is O=C(CSc1nnc(NC2CC2)s1)N(c1ccccc1)[C@H]1CCS(=O)(=O)C1. The van der Waals surface area contributed by atoms with Gasteiger partial charge in [-0.25, -0.2) is 8.42 Å². The zero-order chi connectivity index (χ0) is 18.9. The van der Waals surface area contributed by atoms with Gasteiger partial charge >= 0.3 is 0 Å². The van der Waals surface area contributed by atoms with Crippen LogP contribution in [0.15, 0.2) is 34.7 Å². The number of hydrogen-bond acceptors (Lipinski definition) is 8. The van der Waals surface area contributed by atoms with Crippen molar-refractivity contribution in [2.75, 3.05) is 27.5 Å². The van der Waals surface area contributed by atoms with Crippen molar-refractivity contribution < 1.29 is 13.2 Å². The lowest BCUT2D eigenvalue weighted by atomic mass is 10.2. The Morgan fingerprint density at radius 2 is 2.00 bits per heavy atom. The zero-order valence-electron chi connectivity index (χ0n) is 14.6. The molecule has 4 rings (SSSR count). The van der Waals surface area contributed by atoms with E-state index in [4.69, 9.17) is 0 Å². The number of hydrogen-bond donors (Lipinski definition) is 1. The van der Waals surface area contributed by atoms with Crippen LogP contribution in [0.4, 0.5) is 10.8 Å². The summed E-state index contributed by atoms with van der Waals surface area (Å²) in [6.07, 6.45) is 2.80. The maximum absolute atomic E-state index is 13.0. The Morgan fingerprint density at radius 1 is 1.22 bits per heavy atom. The van der Waals surface area contributed by atoms with Crippen molar-refractivity contribution in [2.45, 2.75) is 35.7 Å². The van der Waals surface area contributed by atoms with Crippen LogP contribution >= 0.6 is 23.1 Å². The van der Waals surface area contributed by atoms with Crippen LogP contribution in [0.2, 0.25) is 0 Å². The van der Waals surface area contributed by atoms with E-state index in [1.165, 1.54) is 23.1 Å².